The van der Waals surface area contributed by atoms with E-state index in [1.807, 2.05) is 0 Å². The third-order valence-electron chi connectivity index (χ3n) is 10.1. The van der Waals surface area contributed by atoms with Crippen molar-refractivity contribution in [1.29, 1.82) is 0 Å². The SMILES string of the molecule is CC(C)C[C@@H]1NC(=O)[C@H](CC(C(=O)O)C(=O)O)NC(=O)CS(=O)C[C@H](C(N)=O)NC(=O)[C@H](CC(N)=O)NC(=O)C2(CCCCC2)NC(=O)[C@H](Cc2ccc(O)c(N)c2)NC1=O. The third-order valence-corrected chi connectivity index (χ3v) is 11.3. The summed E-state index contributed by atoms with van der Waals surface area (Å²) in [5, 5.41) is 43.6. The van der Waals surface area contributed by atoms with E-state index in [1.165, 1.54) is 18.2 Å². The highest BCUT2D eigenvalue weighted by Crippen LogP contribution is 2.29. The van der Waals surface area contributed by atoms with Crippen LogP contribution in [0, 0.1) is 11.8 Å². The Labute approximate surface area is 351 Å². The second kappa shape index (κ2) is 21.8. The molecule has 3 rings (SSSR count). The molecule has 23 nitrogen and oxygen atoms in total. The molecule has 336 valence electrons. The number of carbonyl (C=O) groups is 10. The number of carboxylic acid groups (broad SMARTS) is 2. The van der Waals surface area contributed by atoms with Crippen molar-refractivity contribution in [3.05, 3.63) is 23.8 Å². The highest BCUT2D eigenvalue weighted by Gasteiger charge is 2.44. The minimum Gasteiger partial charge on any atom is -0.506 e. The molecular formula is C37H53N9O14S. The lowest BCUT2D eigenvalue weighted by Crippen LogP contribution is -2.66. The molecule has 1 unspecified atom stereocenters. The fourth-order valence-electron chi connectivity index (χ4n) is 6.89. The van der Waals surface area contributed by atoms with Crippen molar-refractivity contribution in [2.45, 2.75) is 107 Å². The van der Waals surface area contributed by atoms with E-state index < -0.39 is 136 Å². The average molecular weight is 880 g/mol. The Bertz CT molecular complexity index is 1910. The number of aliphatic carboxylic acids is 2. The molecule has 2 aliphatic rings. The van der Waals surface area contributed by atoms with Gasteiger partial charge in [-0.2, -0.15) is 0 Å². The highest BCUT2D eigenvalue weighted by atomic mass is 32.2. The van der Waals surface area contributed by atoms with Crippen molar-refractivity contribution in [3.63, 3.8) is 0 Å². The zero-order valence-corrected chi connectivity index (χ0v) is 34.3. The number of phenols is 1. The number of nitrogen functional groups attached to an aromatic ring is 1. The van der Waals surface area contributed by atoms with Gasteiger partial charge in [-0.15, -0.1) is 0 Å². The van der Waals surface area contributed by atoms with E-state index in [9.17, 15) is 67.5 Å². The summed E-state index contributed by atoms with van der Waals surface area (Å²) in [6.07, 6.45) is -0.790. The van der Waals surface area contributed by atoms with Crippen LogP contribution in [0.5, 0.6) is 5.75 Å². The van der Waals surface area contributed by atoms with Gasteiger partial charge in [-0.3, -0.25) is 52.2 Å². The van der Waals surface area contributed by atoms with Gasteiger partial charge in [0.05, 0.1) is 17.9 Å². The van der Waals surface area contributed by atoms with Gasteiger partial charge in [0.1, 0.15) is 47.3 Å². The van der Waals surface area contributed by atoms with E-state index >= 15 is 0 Å². The number of nitrogens with one attached hydrogen (secondary N) is 6. The van der Waals surface area contributed by atoms with Crippen LogP contribution in [-0.2, 0) is 65.2 Å². The largest absolute Gasteiger partial charge is 0.506 e. The van der Waals surface area contributed by atoms with E-state index in [-0.39, 0.29) is 43.0 Å². The molecule has 1 aliphatic heterocycles. The van der Waals surface area contributed by atoms with Gasteiger partial charge in [-0.1, -0.05) is 39.2 Å². The zero-order chi connectivity index (χ0) is 45.8. The first-order valence-corrected chi connectivity index (χ1v) is 20.8. The predicted octanol–water partition coefficient (Wildman–Crippen LogP) is -3.90. The molecule has 0 radical (unpaired) electrons. The lowest BCUT2D eigenvalue weighted by atomic mass is 9.80. The first kappa shape index (κ1) is 49.0. The molecular weight excluding hydrogens is 827 g/mol. The van der Waals surface area contributed by atoms with Gasteiger partial charge in [-0.25, -0.2) is 0 Å². The maximum Gasteiger partial charge on any atom is 0.317 e. The van der Waals surface area contributed by atoms with Crippen LogP contribution >= 0.6 is 0 Å². The smallest absolute Gasteiger partial charge is 0.317 e. The van der Waals surface area contributed by atoms with Crippen molar-refractivity contribution in [2.75, 3.05) is 17.2 Å². The highest BCUT2D eigenvalue weighted by molar-refractivity contribution is 7.85. The molecule has 1 saturated heterocycles. The summed E-state index contributed by atoms with van der Waals surface area (Å²) in [6, 6.07) is -4.59. The summed E-state index contributed by atoms with van der Waals surface area (Å²) in [7, 11) is -2.38. The van der Waals surface area contributed by atoms with Gasteiger partial charge in [0.2, 0.25) is 47.3 Å². The molecule has 1 spiro atoms. The van der Waals surface area contributed by atoms with E-state index in [2.05, 4.69) is 31.9 Å². The standard InChI is InChI=1S/C37H53N9O14S/c1-17(2)10-21-30(51)43-22(12-18-6-7-26(47)20(38)11-18)33(54)46-37(8-4-3-5-9-37)36(59)45-24(14-27(39)48)32(53)44-25(29(40)50)15-61(60)16-28(49)41-23(31(52)42-21)13-19(34(55)56)35(57)58/h6-7,11,17,19,21-25,47H,3-5,8-10,12-16,38H2,1-2H3,(H2,39,48)(H2,40,50)(H,41,49)(H,42,52)(H,43,51)(H,44,53)(H,45,59)(H,46,54)(H,55,56)(H,57,58)/t21-,22-,23-,24-,25+,61?/m0/s1. The summed E-state index contributed by atoms with van der Waals surface area (Å²) < 4.78 is 13.2. The van der Waals surface area contributed by atoms with Crippen LogP contribution in [0.15, 0.2) is 18.2 Å². The monoisotopic (exact) mass is 879 g/mol. The number of hydrogen-bond acceptors (Lipinski definition) is 13. The number of hydrogen-bond donors (Lipinski definition) is 12. The molecule has 24 heteroatoms. The van der Waals surface area contributed by atoms with E-state index in [0.717, 1.165) is 0 Å². The first-order valence-electron chi connectivity index (χ1n) is 19.3. The zero-order valence-electron chi connectivity index (χ0n) is 33.5. The number of carboxylic acids is 2. The van der Waals surface area contributed by atoms with Crippen LogP contribution in [0.25, 0.3) is 0 Å². The number of nitrogens with two attached hydrogens (primary N) is 3. The van der Waals surface area contributed by atoms with Crippen LogP contribution in [0.4, 0.5) is 5.69 Å². The molecule has 6 atom stereocenters. The molecule has 1 aromatic carbocycles. The fraction of sp³-hybridized carbons (Fsp3) is 0.568. The Kier molecular flexibility index (Phi) is 17.5. The maximum absolute atomic E-state index is 14.4. The molecule has 61 heavy (non-hydrogen) atoms. The molecule has 0 aromatic heterocycles. The molecule has 1 saturated carbocycles. The lowest BCUT2D eigenvalue weighted by Gasteiger charge is -2.38. The van der Waals surface area contributed by atoms with Crippen LogP contribution in [0.1, 0.15) is 70.8 Å². The normalized spacial score (nSPS) is 24.9. The summed E-state index contributed by atoms with van der Waals surface area (Å²) >= 11 is 0. The molecule has 1 aromatic rings. The first-order chi connectivity index (χ1) is 28.5. The summed E-state index contributed by atoms with van der Waals surface area (Å²) in [5.74, 6) is -17.2. The van der Waals surface area contributed by atoms with Crippen molar-refractivity contribution in [2.24, 2.45) is 23.3 Å². The van der Waals surface area contributed by atoms with Crippen LogP contribution in [0.3, 0.4) is 0 Å². The quantitative estimate of drug-likeness (QED) is 0.0574. The van der Waals surface area contributed by atoms with Crippen LogP contribution in [-0.4, -0.2) is 126 Å². The molecule has 8 amide bonds. The van der Waals surface area contributed by atoms with E-state index in [0.29, 0.717) is 24.8 Å². The number of amides is 8. The fourth-order valence-corrected chi connectivity index (χ4v) is 8.00. The molecule has 15 N–H and O–H groups in total. The predicted molar refractivity (Wildman–Crippen MR) is 214 cm³/mol. The van der Waals surface area contributed by atoms with Crippen LogP contribution in [0.2, 0.25) is 0 Å². The average Bonchev–Trinajstić information content (AvgIpc) is 3.15. The molecule has 1 heterocycles. The van der Waals surface area contributed by atoms with E-state index in [1.54, 1.807) is 13.8 Å². The topological polar surface area (TPSA) is 399 Å². The number of primary amides is 2. The van der Waals surface area contributed by atoms with Gasteiger partial charge in [0, 0.05) is 23.6 Å². The number of rotatable bonds is 11. The van der Waals surface area contributed by atoms with E-state index in [4.69, 9.17) is 17.2 Å². The van der Waals surface area contributed by atoms with Gasteiger partial charge in [0.25, 0.3) is 0 Å². The van der Waals surface area contributed by atoms with Gasteiger partial charge in [0.15, 0.2) is 5.92 Å². The Morgan fingerprint density at radius 2 is 1.36 bits per heavy atom. The third kappa shape index (κ3) is 14.4. The minimum absolute atomic E-state index is 0.0212. The maximum atomic E-state index is 14.4. The van der Waals surface area contributed by atoms with Crippen molar-refractivity contribution < 1.29 is 67.5 Å². The number of aromatic hydroxyl groups is 1. The van der Waals surface area contributed by atoms with Crippen molar-refractivity contribution in [3.8, 4) is 5.75 Å². The Morgan fingerprint density at radius 1 is 0.787 bits per heavy atom. The Morgan fingerprint density at radius 3 is 1.90 bits per heavy atom. The van der Waals surface area contributed by atoms with Gasteiger partial charge >= 0.3 is 11.9 Å². The van der Waals surface area contributed by atoms with Crippen molar-refractivity contribution in [1.82, 2.24) is 31.9 Å². The number of anilines is 1. The number of carbonyl (C=O) groups excluding carboxylic acids is 8. The Hall–Kier alpha value is -6.33. The van der Waals surface area contributed by atoms with Gasteiger partial charge < -0.3 is 64.4 Å². The number of phenolic OH excluding ortho intramolecular Hbond substituents is 1. The molecule has 1 aliphatic carbocycles. The lowest BCUT2D eigenvalue weighted by molar-refractivity contribution is -0.155. The number of benzene rings is 1. The Balaban J connectivity index is 2.21. The summed E-state index contributed by atoms with van der Waals surface area (Å²) in [4.78, 5) is 132. The summed E-state index contributed by atoms with van der Waals surface area (Å²) in [5.41, 5.74) is 15.2. The minimum atomic E-state index is -2.38. The van der Waals surface area contributed by atoms with Crippen molar-refractivity contribution >= 4 is 75.7 Å². The second-order valence-corrected chi connectivity index (χ2v) is 17.0. The van der Waals surface area contributed by atoms with Crippen LogP contribution < -0.4 is 49.1 Å². The molecule has 2 fully saturated rings. The molecule has 0 bridgehead atoms. The summed E-state index contributed by atoms with van der Waals surface area (Å²) in [6.45, 7) is 3.36. The van der Waals surface area contributed by atoms with Gasteiger partial charge in [-0.05, 0) is 42.9 Å². The second-order valence-electron chi connectivity index (χ2n) is 15.5.